The molecule has 1 aromatic carbocycles. The molecule has 0 atom stereocenters. The summed E-state index contributed by atoms with van der Waals surface area (Å²) in [5.41, 5.74) is 7.15. The van der Waals surface area contributed by atoms with Gasteiger partial charge in [0.1, 0.15) is 0 Å². The van der Waals surface area contributed by atoms with E-state index in [1.54, 1.807) is 0 Å². The van der Waals surface area contributed by atoms with E-state index >= 15 is 0 Å². The zero-order valence-corrected chi connectivity index (χ0v) is 12.5. The van der Waals surface area contributed by atoms with Crippen LogP contribution >= 0.6 is 0 Å². The van der Waals surface area contributed by atoms with Crippen LogP contribution in [0.2, 0.25) is 0 Å². The molecule has 0 saturated carbocycles. The van der Waals surface area contributed by atoms with Gasteiger partial charge in [-0.1, -0.05) is 44.7 Å². The molecule has 0 amide bonds. The zero-order chi connectivity index (χ0) is 15.0. The van der Waals surface area contributed by atoms with Crippen molar-refractivity contribution in [2.45, 2.75) is 40.0 Å². The lowest BCUT2D eigenvalue weighted by molar-refractivity contribution is -0.145. The number of hydrogen-bond donors (Lipinski definition) is 1. The van der Waals surface area contributed by atoms with E-state index in [-0.39, 0.29) is 11.4 Å². The molecule has 1 aromatic rings. The fourth-order valence-corrected chi connectivity index (χ4v) is 1.71. The molecule has 0 bridgehead atoms. The summed E-state index contributed by atoms with van der Waals surface area (Å²) in [6, 6.07) is 7.52. The maximum absolute atomic E-state index is 11.6. The Labute approximate surface area is 121 Å². The first kappa shape index (κ1) is 16.1. The highest BCUT2D eigenvalue weighted by Gasteiger charge is 2.21. The van der Waals surface area contributed by atoms with E-state index in [4.69, 9.17) is 10.5 Å². The van der Waals surface area contributed by atoms with Gasteiger partial charge in [-0.3, -0.25) is 4.79 Å². The Morgan fingerprint density at radius 3 is 2.70 bits per heavy atom. The largest absolute Gasteiger partial charge is 0.466 e. The van der Waals surface area contributed by atoms with E-state index in [1.807, 2.05) is 45.0 Å². The molecule has 0 aliphatic heterocycles. The minimum Gasteiger partial charge on any atom is -0.466 e. The van der Waals surface area contributed by atoms with E-state index < -0.39 is 0 Å². The SMILES string of the molecule is CCCOC(=O)CC(C)(C)CC#Cc1ccccc1N. The van der Waals surface area contributed by atoms with Crippen molar-refractivity contribution in [3.8, 4) is 11.8 Å². The monoisotopic (exact) mass is 273 g/mol. The van der Waals surface area contributed by atoms with E-state index in [9.17, 15) is 4.79 Å². The molecule has 20 heavy (non-hydrogen) atoms. The summed E-state index contributed by atoms with van der Waals surface area (Å²) in [7, 11) is 0. The number of ether oxygens (including phenoxy) is 1. The Kier molecular flexibility index (Phi) is 6.11. The van der Waals surface area contributed by atoms with E-state index in [1.165, 1.54) is 0 Å². The molecule has 1 rings (SSSR count). The lowest BCUT2D eigenvalue weighted by Crippen LogP contribution is -2.18. The van der Waals surface area contributed by atoms with Gasteiger partial charge < -0.3 is 10.5 Å². The third-order valence-corrected chi connectivity index (χ3v) is 2.84. The lowest BCUT2D eigenvalue weighted by atomic mass is 9.86. The number of nitrogen functional groups attached to an aromatic ring is 1. The molecule has 3 heteroatoms. The van der Waals surface area contributed by atoms with Gasteiger partial charge in [0.15, 0.2) is 0 Å². The first-order valence-corrected chi connectivity index (χ1v) is 6.93. The fourth-order valence-electron chi connectivity index (χ4n) is 1.71. The fraction of sp³-hybridized carbons (Fsp3) is 0.471. The van der Waals surface area contributed by atoms with Crippen LogP contribution in [0.1, 0.15) is 45.6 Å². The normalized spacial score (nSPS) is 10.6. The third kappa shape index (κ3) is 5.79. The van der Waals surface area contributed by atoms with E-state index in [0.717, 1.165) is 12.0 Å². The van der Waals surface area contributed by atoms with Crippen molar-refractivity contribution in [3.05, 3.63) is 29.8 Å². The summed E-state index contributed by atoms with van der Waals surface area (Å²) >= 11 is 0. The first-order valence-electron chi connectivity index (χ1n) is 6.93. The average Bonchev–Trinajstić information content (AvgIpc) is 2.38. The second kappa shape index (κ2) is 7.59. The molecule has 0 fully saturated rings. The number of carbonyl (C=O) groups excluding carboxylic acids is 1. The highest BCUT2D eigenvalue weighted by Crippen LogP contribution is 2.25. The quantitative estimate of drug-likeness (QED) is 0.508. The van der Waals surface area contributed by atoms with Crippen molar-refractivity contribution in [2.24, 2.45) is 5.41 Å². The molecule has 0 aromatic heterocycles. The van der Waals surface area contributed by atoms with Crippen LogP contribution in [0.15, 0.2) is 24.3 Å². The van der Waals surface area contributed by atoms with Crippen LogP contribution in [0.4, 0.5) is 5.69 Å². The molecule has 0 radical (unpaired) electrons. The minimum atomic E-state index is -0.193. The highest BCUT2D eigenvalue weighted by atomic mass is 16.5. The smallest absolute Gasteiger partial charge is 0.306 e. The summed E-state index contributed by atoms with van der Waals surface area (Å²) in [6.07, 6.45) is 1.85. The number of nitrogens with two attached hydrogens (primary N) is 1. The van der Waals surface area contributed by atoms with Crippen LogP contribution in [-0.2, 0) is 9.53 Å². The Bertz CT molecular complexity index is 509. The highest BCUT2D eigenvalue weighted by molar-refractivity contribution is 5.70. The third-order valence-electron chi connectivity index (χ3n) is 2.84. The zero-order valence-electron chi connectivity index (χ0n) is 12.5. The average molecular weight is 273 g/mol. The van der Waals surface area contributed by atoms with Gasteiger partial charge in [-0.05, 0) is 24.0 Å². The summed E-state index contributed by atoms with van der Waals surface area (Å²) < 4.78 is 5.10. The van der Waals surface area contributed by atoms with Crippen molar-refractivity contribution in [3.63, 3.8) is 0 Å². The van der Waals surface area contributed by atoms with Gasteiger partial charge in [-0.15, -0.1) is 0 Å². The van der Waals surface area contributed by atoms with Gasteiger partial charge in [0, 0.05) is 17.7 Å². The molecule has 108 valence electrons. The number of carbonyl (C=O) groups is 1. The number of esters is 1. The van der Waals surface area contributed by atoms with Crippen LogP contribution in [0.3, 0.4) is 0 Å². The summed E-state index contributed by atoms with van der Waals surface area (Å²) in [4.78, 5) is 11.6. The maximum atomic E-state index is 11.6. The summed E-state index contributed by atoms with van der Waals surface area (Å²) in [5.74, 6) is 6.01. The Morgan fingerprint density at radius 1 is 1.35 bits per heavy atom. The van der Waals surface area contributed by atoms with Gasteiger partial charge >= 0.3 is 5.97 Å². The van der Waals surface area contributed by atoms with E-state index in [0.29, 0.717) is 25.1 Å². The number of rotatable bonds is 5. The molecule has 0 aliphatic carbocycles. The Morgan fingerprint density at radius 2 is 2.05 bits per heavy atom. The Balaban J connectivity index is 2.56. The van der Waals surface area contributed by atoms with Crippen LogP contribution in [0.25, 0.3) is 0 Å². The van der Waals surface area contributed by atoms with Gasteiger partial charge in [0.05, 0.1) is 13.0 Å². The molecule has 0 spiro atoms. The molecule has 3 nitrogen and oxygen atoms in total. The molecule has 0 aliphatic rings. The first-order chi connectivity index (χ1) is 9.44. The minimum absolute atomic E-state index is 0.155. The van der Waals surface area contributed by atoms with Gasteiger partial charge in [0.25, 0.3) is 0 Å². The predicted molar refractivity (Wildman–Crippen MR) is 82.0 cm³/mol. The number of para-hydroxylation sites is 1. The van der Waals surface area contributed by atoms with E-state index in [2.05, 4.69) is 11.8 Å². The van der Waals surface area contributed by atoms with Gasteiger partial charge in [0.2, 0.25) is 0 Å². The van der Waals surface area contributed by atoms with Crippen molar-refractivity contribution < 1.29 is 9.53 Å². The van der Waals surface area contributed by atoms with Crippen molar-refractivity contribution in [2.75, 3.05) is 12.3 Å². The van der Waals surface area contributed by atoms with Crippen molar-refractivity contribution in [1.29, 1.82) is 0 Å². The van der Waals surface area contributed by atoms with Crippen LogP contribution in [0.5, 0.6) is 0 Å². The molecule has 0 unspecified atom stereocenters. The second-order valence-corrected chi connectivity index (χ2v) is 5.63. The molecular weight excluding hydrogens is 250 g/mol. The summed E-state index contributed by atoms with van der Waals surface area (Å²) in [5, 5.41) is 0. The van der Waals surface area contributed by atoms with Gasteiger partial charge in [-0.2, -0.15) is 0 Å². The lowest BCUT2D eigenvalue weighted by Gasteiger charge is -2.20. The van der Waals surface area contributed by atoms with Crippen LogP contribution in [0, 0.1) is 17.3 Å². The van der Waals surface area contributed by atoms with Gasteiger partial charge in [-0.25, -0.2) is 0 Å². The van der Waals surface area contributed by atoms with Crippen molar-refractivity contribution in [1.82, 2.24) is 0 Å². The Hall–Kier alpha value is -1.95. The van der Waals surface area contributed by atoms with Crippen LogP contribution in [-0.4, -0.2) is 12.6 Å². The molecular formula is C17H23NO2. The number of anilines is 1. The maximum Gasteiger partial charge on any atom is 0.306 e. The predicted octanol–water partition coefficient (Wildman–Crippen LogP) is 3.38. The second-order valence-electron chi connectivity index (χ2n) is 5.63. The number of benzene rings is 1. The molecule has 0 heterocycles. The number of hydrogen-bond acceptors (Lipinski definition) is 3. The van der Waals surface area contributed by atoms with Crippen LogP contribution < -0.4 is 5.73 Å². The molecule has 0 saturated heterocycles. The van der Waals surface area contributed by atoms with Crippen molar-refractivity contribution >= 4 is 11.7 Å². The summed E-state index contributed by atoms with van der Waals surface area (Å²) in [6.45, 7) is 6.50. The molecule has 2 N–H and O–H groups in total. The topological polar surface area (TPSA) is 52.3 Å². The standard InChI is InChI=1S/C17H23NO2/c1-4-12-20-16(19)13-17(2,3)11-7-9-14-8-5-6-10-15(14)18/h5-6,8,10H,4,11-13,18H2,1-3H3.